The Morgan fingerprint density at radius 2 is 1.50 bits per heavy atom. The van der Waals surface area contributed by atoms with Crippen molar-refractivity contribution < 1.29 is 9.59 Å². The lowest BCUT2D eigenvalue weighted by atomic mass is 10.0. The highest BCUT2D eigenvalue weighted by atomic mass is 16.2. The molecule has 0 saturated carbocycles. The number of nitrogens with zero attached hydrogens (tertiary/aromatic N) is 1. The van der Waals surface area contributed by atoms with Crippen molar-refractivity contribution >= 4 is 11.8 Å². The highest BCUT2D eigenvalue weighted by Crippen LogP contribution is 2.15. The fourth-order valence-electron chi connectivity index (χ4n) is 3.14. The second-order valence-electron chi connectivity index (χ2n) is 7.54. The summed E-state index contributed by atoms with van der Waals surface area (Å²) in [7, 11) is 0. The molecule has 0 aliphatic heterocycles. The Balaban J connectivity index is 2.25. The first-order valence-electron chi connectivity index (χ1n) is 10.2. The van der Waals surface area contributed by atoms with Crippen molar-refractivity contribution in [2.75, 3.05) is 6.54 Å². The Morgan fingerprint density at radius 1 is 0.929 bits per heavy atom. The molecule has 0 aromatic heterocycles. The van der Waals surface area contributed by atoms with Gasteiger partial charge in [0, 0.05) is 25.9 Å². The molecular weight excluding hydrogens is 348 g/mol. The van der Waals surface area contributed by atoms with Crippen LogP contribution < -0.4 is 5.32 Å². The van der Waals surface area contributed by atoms with Crippen molar-refractivity contribution in [3.8, 4) is 0 Å². The highest BCUT2D eigenvalue weighted by Gasteiger charge is 2.29. The second-order valence-corrected chi connectivity index (χ2v) is 7.54. The first-order chi connectivity index (χ1) is 13.5. The van der Waals surface area contributed by atoms with Gasteiger partial charge < -0.3 is 10.2 Å². The summed E-state index contributed by atoms with van der Waals surface area (Å²) in [5.41, 5.74) is 2.07. The summed E-state index contributed by atoms with van der Waals surface area (Å²) in [6, 6.07) is 19.2. The number of carbonyl (C=O) groups excluding carboxylic acids is 2. The summed E-state index contributed by atoms with van der Waals surface area (Å²) in [5, 5.41) is 3.05. The lowest BCUT2D eigenvalue weighted by molar-refractivity contribution is -0.141. The van der Waals surface area contributed by atoms with E-state index in [2.05, 4.69) is 19.2 Å². The summed E-state index contributed by atoms with van der Waals surface area (Å²) < 4.78 is 0. The van der Waals surface area contributed by atoms with Crippen LogP contribution in [-0.2, 0) is 22.6 Å². The minimum Gasteiger partial charge on any atom is -0.354 e. The number of amides is 2. The molecule has 0 aliphatic rings. The Labute approximate surface area is 169 Å². The summed E-state index contributed by atoms with van der Waals surface area (Å²) in [6.45, 7) is 7.17. The fraction of sp³-hybridized carbons (Fsp3) is 0.417. The van der Waals surface area contributed by atoms with Gasteiger partial charge in [-0.25, -0.2) is 0 Å². The molecule has 0 radical (unpaired) electrons. The topological polar surface area (TPSA) is 49.4 Å². The molecule has 4 nitrogen and oxygen atoms in total. The van der Waals surface area contributed by atoms with Crippen LogP contribution in [0.3, 0.4) is 0 Å². The van der Waals surface area contributed by atoms with Gasteiger partial charge in [0.2, 0.25) is 11.8 Å². The largest absolute Gasteiger partial charge is 0.354 e. The van der Waals surface area contributed by atoms with E-state index < -0.39 is 6.04 Å². The zero-order valence-electron chi connectivity index (χ0n) is 17.2. The number of hydrogen-bond acceptors (Lipinski definition) is 2. The zero-order chi connectivity index (χ0) is 20.4. The van der Waals surface area contributed by atoms with E-state index in [0.29, 0.717) is 31.8 Å². The Bertz CT molecular complexity index is 729. The number of benzene rings is 2. The minimum atomic E-state index is -0.526. The molecule has 0 heterocycles. The standard InChI is InChI=1S/C24H32N2O2/c1-4-23(27)26(18-21-13-9-6-10-14-21)22(17-20-11-7-5-8-12-20)24(28)25-16-15-19(2)3/h5-14,19,22H,4,15-18H2,1-3H3,(H,25,28). The maximum Gasteiger partial charge on any atom is 0.243 e. The predicted molar refractivity (Wildman–Crippen MR) is 114 cm³/mol. The van der Waals surface area contributed by atoms with Gasteiger partial charge in [-0.15, -0.1) is 0 Å². The lowest BCUT2D eigenvalue weighted by Crippen LogP contribution is -2.50. The molecular formula is C24H32N2O2. The molecule has 0 bridgehead atoms. The van der Waals surface area contributed by atoms with Crippen LogP contribution in [0.4, 0.5) is 0 Å². The molecule has 1 atom stereocenters. The molecule has 150 valence electrons. The maximum absolute atomic E-state index is 13.1. The van der Waals surface area contributed by atoms with Gasteiger partial charge in [0.25, 0.3) is 0 Å². The molecule has 1 unspecified atom stereocenters. The lowest BCUT2D eigenvalue weighted by Gasteiger charge is -2.31. The van der Waals surface area contributed by atoms with Crippen molar-refractivity contribution in [3.05, 3.63) is 71.8 Å². The molecule has 0 saturated heterocycles. The van der Waals surface area contributed by atoms with Crippen molar-refractivity contribution in [3.63, 3.8) is 0 Å². The zero-order valence-corrected chi connectivity index (χ0v) is 17.2. The molecule has 2 aromatic rings. The van der Waals surface area contributed by atoms with E-state index in [9.17, 15) is 9.59 Å². The SMILES string of the molecule is CCC(=O)N(Cc1ccccc1)C(Cc1ccccc1)C(=O)NCCC(C)C. The third kappa shape index (κ3) is 6.84. The van der Waals surface area contributed by atoms with Gasteiger partial charge in [-0.3, -0.25) is 9.59 Å². The van der Waals surface area contributed by atoms with E-state index in [1.165, 1.54) is 0 Å². The van der Waals surface area contributed by atoms with Crippen LogP contribution in [0.1, 0.15) is 44.7 Å². The predicted octanol–water partition coefficient (Wildman–Crippen LogP) is 4.20. The van der Waals surface area contributed by atoms with Gasteiger partial charge in [0.1, 0.15) is 6.04 Å². The Kier molecular flexibility index (Phi) is 8.73. The van der Waals surface area contributed by atoms with E-state index >= 15 is 0 Å². The van der Waals surface area contributed by atoms with Crippen LogP contribution in [0, 0.1) is 5.92 Å². The van der Waals surface area contributed by atoms with E-state index in [1.54, 1.807) is 4.90 Å². The van der Waals surface area contributed by atoms with Gasteiger partial charge in [-0.2, -0.15) is 0 Å². The average molecular weight is 381 g/mol. The summed E-state index contributed by atoms with van der Waals surface area (Å²) in [6.07, 6.45) is 1.80. The number of hydrogen-bond donors (Lipinski definition) is 1. The van der Waals surface area contributed by atoms with E-state index in [1.807, 2.05) is 67.6 Å². The molecule has 28 heavy (non-hydrogen) atoms. The maximum atomic E-state index is 13.1. The van der Waals surface area contributed by atoms with Crippen LogP contribution >= 0.6 is 0 Å². The Morgan fingerprint density at radius 3 is 2.04 bits per heavy atom. The molecule has 2 amide bonds. The third-order valence-electron chi connectivity index (χ3n) is 4.79. The quantitative estimate of drug-likeness (QED) is 0.672. The number of rotatable bonds is 10. The molecule has 2 rings (SSSR count). The molecule has 4 heteroatoms. The average Bonchev–Trinajstić information content (AvgIpc) is 2.71. The van der Waals surface area contributed by atoms with Crippen molar-refractivity contribution in [2.45, 2.75) is 52.6 Å². The highest BCUT2D eigenvalue weighted by molar-refractivity contribution is 5.87. The first kappa shape index (κ1) is 21.7. The summed E-state index contributed by atoms with van der Waals surface area (Å²) in [4.78, 5) is 27.6. The summed E-state index contributed by atoms with van der Waals surface area (Å²) in [5.74, 6) is 0.427. The van der Waals surface area contributed by atoms with E-state index in [0.717, 1.165) is 17.5 Å². The smallest absolute Gasteiger partial charge is 0.243 e. The second kappa shape index (κ2) is 11.3. The van der Waals surface area contributed by atoms with Crippen molar-refractivity contribution in [1.82, 2.24) is 10.2 Å². The molecule has 0 spiro atoms. The van der Waals surface area contributed by atoms with E-state index in [-0.39, 0.29) is 11.8 Å². The Hall–Kier alpha value is -2.62. The minimum absolute atomic E-state index is 0.0104. The molecule has 1 N–H and O–H groups in total. The van der Waals surface area contributed by atoms with Crippen LogP contribution in [0.5, 0.6) is 0 Å². The molecule has 2 aromatic carbocycles. The first-order valence-corrected chi connectivity index (χ1v) is 10.2. The number of carbonyl (C=O) groups is 2. The normalized spacial score (nSPS) is 11.9. The summed E-state index contributed by atoms with van der Waals surface area (Å²) >= 11 is 0. The monoisotopic (exact) mass is 380 g/mol. The van der Waals surface area contributed by atoms with Gasteiger partial charge in [-0.05, 0) is 23.5 Å². The van der Waals surface area contributed by atoms with Gasteiger partial charge in [-0.1, -0.05) is 81.4 Å². The van der Waals surface area contributed by atoms with Crippen LogP contribution in [0.15, 0.2) is 60.7 Å². The van der Waals surface area contributed by atoms with Gasteiger partial charge in [0.15, 0.2) is 0 Å². The fourth-order valence-corrected chi connectivity index (χ4v) is 3.14. The van der Waals surface area contributed by atoms with Crippen LogP contribution in [0.25, 0.3) is 0 Å². The van der Waals surface area contributed by atoms with Crippen LogP contribution in [-0.4, -0.2) is 29.3 Å². The number of nitrogens with one attached hydrogen (secondary N) is 1. The van der Waals surface area contributed by atoms with Gasteiger partial charge >= 0.3 is 0 Å². The van der Waals surface area contributed by atoms with Crippen molar-refractivity contribution in [2.24, 2.45) is 5.92 Å². The molecule has 0 fully saturated rings. The van der Waals surface area contributed by atoms with Crippen molar-refractivity contribution in [1.29, 1.82) is 0 Å². The third-order valence-corrected chi connectivity index (χ3v) is 4.79. The van der Waals surface area contributed by atoms with Gasteiger partial charge in [0.05, 0.1) is 0 Å². The van der Waals surface area contributed by atoms with E-state index in [4.69, 9.17) is 0 Å². The van der Waals surface area contributed by atoms with Crippen LogP contribution in [0.2, 0.25) is 0 Å². The molecule has 0 aliphatic carbocycles.